The van der Waals surface area contributed by atoms with Crippen molar-refractivity contribution >= 4 is 28.9 Å². The van der Waals surface area contributed by atoms with Crippen LogP contribution in [0.2, 0.25) is 0 Å². The topological polar surface area (TPSA) is 74.9 Å². The van der Waals surface area contributed by atoms with Crippen LogP contribution in [0, 0.1) is 5.92 Å². The average molecular weight is 337 g/mol. The Morgan fingerprint density at radius 3 is 3.00 bits per heavy atom. The molecule has 2 heterocycles. The number of amides is 2. The standard InChI is InChI=1S/C19H19N3O3/c23-18(20-11-13-5-4-10-25-13)12-22-17-9-2-1-7-16(17)21-15-8-3-6-14(15)19(22)24/h1-2,4-5,7,9-10,14H,3,6,8,11-12H2,(H,20,23). The predicted molar refractivity (Wildman–Crippen MR) is 93.8 cm³/mol. The van der Waals surface area contributed by atoms with Crippen LogP contribution < -0.4 is 10.2 Å². The molecule has 6 nitrogen and oxygen atoms in total. The van der Waals surface area contributed by atoms with Crippen LogP contribution >= 0.6 is 0 Å². The molecule has 1 aromatic carbocycles. The van der Waals surface area contributed by atoms with E-state index in [0.717, 1.165) is 30.7 Å². The summed E-state index contributed by atoms with van der Waals surface area (Å²) in [5, 5.41) is 2.80. The largest absolute Gasteiger partial charge is 0.467 e. The van der Waals surface area contributed by atoms with Crippen LogP contribution in [0.5, 0.6) is 0 Å². The summed E-state index contributed by atoms with van der Waals surface area (Å²) in [7, 11) is 0. The number of hydrogen-bond donors (Lipinski definition) is 1. The number of fused-ring (bicyclic) bond motifs is 2. The molecule has 4 rings (SSSR count). The first kappa shape index (κ1) is 15.6. The van der Waals surface area contributed by atoms with Gasteiger partial charge in [-0.25, -0.2) is 0 Å². The molecular weight excluding hydrogens is 318 g/mol. The van der Waals surface area contributed by atoms with Crippen LogP contribution in [-0.4, -0.2) is 24.1 Å². The van der Waals surface area contributed by atoms with E-state index < -0.39 is 0 Å². The van der Waals surface area contributed by atoms with E-state index in [1.807, 2.05) is 24.3 Å². The van der Waals surface area contributed by atoms with Gasteiger partial charge in [0.2, 0.25) is 11.8 Å². The molecule has 25 heavy (non-hydrogen) atoms. The van der Waals surface area contributed by atoms with Crippen LogP contribution in [0.1, 0.15) is 25.0 Å². The minimum Gasteiger partial charge on any atom is -0.467 e. The lowest BCUT2D eigenvalue weighted by molar-refractivity contribution is -0.124. The van der Waals surface area contributed by atoms with Gasteiger partial charge in [-0.15, -0.1) is 0 Å². The molecule has 0 radical (unpaired) electrons. The van der Waals surface area contributed by atoms with Gasteiger partial charge >= 0.3 is 0 Å². The second kappa shape index (κ2) is 6.55. The van der Waals surface area contributed by atoms with Crippen molar-refractivity contribution < 1.29 is 14.0 Å². The molecule has 1 unspecified atom stereocenters. The smallest absolute Gasteiger partial charge is 0.240 e. The molecule has 1 N–H and O–H groups in total. The molecule has 2 aromatic rings. The van der Waals surface area contributed by atoms with Crippen LogP contribution in [-0.2, 0) is 16.1 Å². The van der Waals surface area contributed by atoms with Gasteiger partial charge in [-0.1, -0.05) is 12.1 Å². The third-order valence-corrected chi connectivity index (χ3v) is 4.67. The normalized spacial score (nSPS) is 19.0. The fourth-order valence-corrected chi connectivity index (χ4v) is 3.44. The van der Waals surface area contributed by atoms with Crippen LogP contribution in [0.25, 0.3) is 0 Å². The fraction of sp³-hybridized carbons (Fsp3) is 0.316. The van der Waals surface area contributed by atoms with Gasteiger partial charge in [0.15, 0.2) is 0 Å². The number of nitrogens with zero attached hydrogens (tertiary/aromatic N) is 2. The van der Waals surface area contributed by atoms with Crippen LogP contribution in [0.4, 0.5) is 11.4 Å². The highest BCUT2D eigenvalue weighted by atomic mass is 16.3. The first-order valence-electron chi connectivity index (χ1n) is 8.49. The van der Waals surface area contributed by atoms with E-state index in [9.17, 15) is 9.59 Å². The molecule has 1 fully saturated rings. The molecule has 1 aromatic heterocycles. The van der Waals surface area contributed by atoms with E-state index in [2.05, 4.69) is 5.32 Å². The second-order valence-corrected chi connectivity index (χ2v) is 6.32. The van der Waals surface area contributed by atoms with E-state index in [1.165, 1.54) is 0 Å². The third-order valence-electron chi connectivity index (χ3n) is 4.67. The minimum atomic E-state index is -0.221. The zero-order valence-electron chi connectivity index (χ0n) is 13.8. The molecule has 2 aliphatic rings. The van der Waals surface area contributed by atoms with Crippen molar-refractivity contribution in [3.8, 4) is 0 Å². The Kier molecular flexibility index (Phi) is 4.09. The van der Waals surface area contributed by atoms with Crippen molar-refractivity contribution in [1.82, 2.24) is 5.32 Å². The van der Waals surface area contributed by atoms with Crippen molar-refractivity contribution in [1.29, 1.82) is 0 Å². The average Bonchev–Trinajstić information content (AvgIpc) is 3.28. The Morgan fingerprint density at radius 1 is 1.28 bits per heavy atom. The summed E-state index contributed by atoms with van der Waals surface area (Å²) < 4.78 is 5.21. The summed E-state index contributed by atoms with van der Waals surface area (Å²) in [5.74, 6) is 0.220. The number of furan rings is 1. The summed E-state index contributed by atoms with van der Waals surface area (Å²) in [6, 6.07) is 11.1. The molecular formula is C19H19N3O3. The summed E-state index contributed by atoms with van der Waals surface area (Å²) in [6.45, 7) is 0.288. The Hall–Kier alpha value is -2.89. The Morgan fingerprint density at radius 2 is 2.16 bits per heavy atom. The first-order chi connectivity index (χ1) is 12.2. The Balaban J connectivity index is 1.55. The SMILES string of the molecule is O=C(CN1C(=O)C2CCCC2=Nc2ccccc21)NCc1ccco1. The number of para-hydroxylation sites is 2. The molecule has 1 aliphatic carbocycles. The highest BCUT2D eigenvalue weighted by Gasteiger charge is 2.36. The van der Waals surface area contributed by atoms with Gasteiger partial charge < -0.3 is 14.6 Å². The zero-order valence-corrected chi connectivity index (χ0v) is 13.8. The molecule has 1 aliphatic heterocycles. The number of carbonyl (C=O) groups excluding carboxylic acids is 2. The van der Waals surface area contributed by atoms with E-state index in [4.69, 9.17) is 9.41 Å². The molecule has 0 saturated heterocycles. The van der Waals surface area contributed by atoms with Crippen molar-refractivity contribution in [2.45, 2.75) is 25.8 Å². The molecule has 6 heteroatoms. The maximum absolute atomic E-state index is 13.0. The van der Waals surface area contributed by atoms with E-state index in [0.29, 0.717) is 18.0 Å². The molecule has 1 atom stereocenters. The highest BCUT2D eigenvalue weighted by molar-refractivity contribution is 6.16. The predicted octanol–water partition coefficient (Wildman–Crippen LogP) is 2.82. The van der Waals surface area contributed by atoms with Gasteiger partial charge in [-0.2, -0.15) is 0 Å². The molecule has 2 amide bonds. The van der Waals surface area contributed by atoms with Crippen molar-refractivity contribution in [2.24, 2.45) is 10.9 Å². The number of hydrogen-bond acceptors (Lipinski definition) is 4. The molecule has 0 bridgehead atoms. The Labute approximate surface area is 145 Å². The van der Waals surface area contributed by atoms with Crippen molar-refractivity contribution in [2.75, 3.05) is 11.4 Å². The lowest BCUT2D eigenvalue weighted by Crippen LogP contribution is -2.43. The van der Waals surface area contributed by atoms with Gasteiger partial charge in [-0.3, -0.25) is 14.6 Å². The van der Waals surface area contributed by atoms with E-state index in [-0.39, 0.29) is 24.3 Å². The van der Waals surface area contributed by atoms with Gasteiger partial charge in [0.25, 0.3) is 0 Å². The lowest BCUT2D eigenvalue weighted by Gasteiger charge is -2.24. The number of carbonyl (C=O) groups is 2. The zero-order chi connectivity index (χ0) is 17.2. The van der Waals surface area contributed by atoms with Gasteiger partial charge in [0.05, 0.1) is 30.1 Å². The molecule has 128 valence electrons. The highest BCUT2D eigenvalue weighted by Crippen LogP contribution is 2.37. The number of aliphatic imine (C=N–C) groups is 1. The summed E-state index contributed by atoms with van der Waals surface area (Å²) in [4.78, 5) is 31.7. The number of benzene rings is 1. The maximum Gasteiger partial charge on any atom is 0.240 e. The summed E-state index contributed by atoms with van der Waals surface area (Å²) in [6.07, 6.45) is 4.18. The summed E-state index contributed by atoms with van der Waals surface area (Å²) in [5.41, 5.74) is 2.40. The number of nitrogens with one attached hydrogen (secondary N) is 1. The Bertz CT molecular complexity index is 826. The number of rotatable bonds is 4. The summed E-state index contributed by atoms with van der Waals surface area (Å²) >= 11 is 0. The van der Waals surface area contributed by atoms with Crippen LogP contribution in [0.15, 0.2) is 52.1 Å². The fourth-order valence-electron chi connectivity index (χ4n) is 3.44. The van der Waals surface area contributed by atoms with Crippen molar-refractivity contribution in [3.63, 3.8) is 0 Å². The maximum atomic E-state index is 13.0. The monoisotopic (exact) mass is 337 g/mol. The molecule has 0 spiro atoms. The quantitative estimate of drug-likeness (QED) is 0.932. The van der Waals surface area contributed by atoms with E-state index >= 15 is 0 Å². The number of anilines is 1. The van der Waals surface area contributed by atoms with Crippen molar-refractivity contribution in [3.05, 3.63) is 48.4 Å². The van der Waals surface area contributed by atoms with Crippen LogP contribution in [0.3, 0.4) is 0 Å². The first-order valence-corrected chi connectivity index (χ1v) is 8.49. The van der Waals surface area contributed by atoms with Gasteiger partial charge in [-0.05, 0) is 43.5 Å². The second-order valence-electron chi connectivity index (χ2n) is 6.32. The molecule has 1 saturated carbocycles. The van der Waals surface area contributed by atoms with Gasteiger partial charge in [0.1, 0.15) is 12.3 Å². The van der Waals surface area contributed by atoms with Gasteiger partial charge in [0, 0.05) is 5.71 Å². The lowest BCUT2D eigenvalue weighted by atomic mass is 10.1. The van der Waals surface area contributed by atoms with E-state index in [1.54, 1.807) is 23.3 Å². The minimum absolute atomic E-state index is 0.0180. The third kappa shape index (κ3) is 3.07.